The van der Waals surface area contributed by atoms with Crippen LogP contribution < -0.4 is 0 Å². The molecule has 0 aromatic carbocycles. The number of ketones is 1. The number of carbonyl (C=O) groups excluding carboxylic acids is 2. The summed E-state index contributed by atoms with van der Waals surface area (Å²) in [6.45, 7) is 3.06. The Morgan fingerprint density at radius 3 is 2.20 bits per heavy atom. The zero-order chi connectivity index (χ0) is 8.15. The van der Waals surface area contributed by atoms with Crippen LogP contribution in [0, 0.1) is 5.92 Å². The van der Waals surface area contributed by atoms with Gasteiger partial charge >= 0.3 is 5.97 Å². The van der Waals surface area contributed by atoms with Crippen molar-refractivity contribution in [3.63, 3.8) is 0 Å². The Balaban J connectivity index is 4.06. The Bertz CT molecular complexity index is 144. The maximum absolute atomic E-state index is 10.6. The zero-order valence-corrected chi connectivity index (χ0v) is 6.64. The van der Waals surface area contributed by atoms with E-state index in [0.29, 0.717) is 6.42 Å². The highest BCUT2D eigenvalue weighted by Gasteiger charge is 2.22. The van der Waals surface area contributed by atoms with Crippen LogP contribution in [0.25, 0.3) is 0 Å². The first-order valence-electron chi connectivity index (χ1n) is 2.96. The third kappa shape index (κ3) is 2.35. The molecule has 0 aromatic rings. The molecule has 0 saturated carbocycles. The van der Waals surface area contributed by atoms with Crippen molar-refractivity contribution in [2.45, 2.75) is 20.3 Å². The van der Waals surface area contributed by atoms with Gasteiger partial charge in [-0.15, -0.1) is 0 Å². The van der Waals surface area contributed by atoms with Crippen molar-refractivity contribution < 1.29 is 13.9 Å². The van der Waals surface area contributed by atoms with E-state index in [2.05, 4.69) is 4.29 Å². The fourth-order valence-corrected chi connectivity index (χ4v) is 0.781. The van der Waals surface area contributed by atoms with E-state index < -0.39 is 11.9 Å². The molecule has 1 unspecified atom stereocenters. The lowest BCUT2D eigenvalue weighted by atomic mass is 10.0. The van der Waals surface area contributed by atoms with E-state index in [9.17, 15) is 9.59 Å². The summed E-state index contributed by atoms with van der Waals surface area (Å²) in [7, 11) is 0. The van der Waals surface area contributed by atoms with Crippen molar-refractivity contribution in [2.75, 3.05) is 0 Å². The van der Waals surface area contributed by atoms with Gasteiger partial charge in [-0.2, -0.15) is 0 Å². The predicted molar refractivity (Wildman–Crippen MR) is 36.4 cm³/mol. The topological polar surface area (TPSA) is 43.4 Å². The van der Waals surface area contributed by atoms with Crippen LogP contribution >= 0.6 is 11.9 Å². The Morgan fingerprint density at radius 1 is 1.60 bits per heavy atom. The fourth-order valence-electron chi connectivity index (χ4n) is 0.674. The highest BCUT2D eigenvalue weighted by atomic mass is 35.5. The summed E-state index contributed by atoms with van der Waals surface area (Å²) < 4.78 is 3.88. The number of Topliss-reactive ketones (excluding diaryl/α,β-unsaturated/α-hetero) is 1. The summed E-state index contributed by atoms with van der Waals surface area (Å²) >= 11 is 4.77. The molecule has 0 heterocycles. The third-order valence-corrected chi connectivity index (χ3v) is 1.41. The van der Waals surface area contributed by atoms with Gasteiger partial charge in [0.2, 0.25) is 0 Å². The van der Waals surface area contributed by atoms with Crippen LogP contribution in [0.5, 0.6) is 0 Å². The van der Waals surface area contributed by atoms with Gasteiger partial charge in [0, 0.05) is 0 Å². The SMILES string of the molecule is CCC(C(C)=O)C(=O)OCl. The van der Waals surface area contributed by atoms with Gasteiger partial charge in [-0.25, -0.2) is 4.79 Å². The summed E-state index contributed by atoms with van der Waals surface area (Å²) in [5.41, 5.74) is 0. The average molecular weight is 165 g/mol. The summed E-state index contributed by atoms with van der Waals surface area (Å²) in [5.74, 6) is -1.58. The minimum absolute atomic E-state index is 0.215. The maximum atomic E-state index is 10.6. The van der Waals surface area contributed by atoms with Crippen LogP contribution in [0.15, 0.2) is 0 Å². The molecule has 0 radical (unpaired) electrons. The van der Waals surface area contributed by atoms with E-state index in [1.807, 2.05) is 0 Å². The van der Waals surface area contributed by atoms with Crippen LogP contribution in [-0.4, -0.2) is 11.8 Å². The van der Waals surface area contributed by atoms with Gasteiger partial charge in [0.15, 0.2) is 0 Å². The van der Waals surface area contributed by atoms with Crippen LogP contribution in [0.2, 0.25) is 0 Å². The van der Waals surface area contributed by atoms with Crippen LogP contribution in [0.4, 0.5) is 0 Å². The second-order valence-electron chi connectivity index (χ2n) is 1.97. The highest BCUT2D eigenvalue weighted by Crippen LogP contribution is 2.07. The van der Waals surface area contributed by atoms with Gasteiger partial charge in [-0.3, -0.25) is 4.79 Å². The number of rotatable bonds is 3. The molecule has 1 atom stereocenters. The van der Waals surface area contributed by atoms with Crippen LogP contribution in [0.1, 0.15) is 20.3 Å². The second-order valence-corrected chi connectivity index (χ2v) is 2.12. The van der Waals surface area contributed by atoms with E-state index in [1.165, 1.54) is 6.92 Å². The van der Waals surface area contributed by atoms with E-state index in [0.717, 1.165) is 0 Å². The van der Waals surface area contributed by atoms with Gasteiger partial charge in [0.05, 0.1) is 0 Å². The molecule has 0 fully saturated rings. The molecule has 0 rings (SSSR count). The molecule has 0 aliphatic carbocycles. The van der Waals surface area contributed by atoms with Gasteiger partial charge in [-0.05, 0) is 13.3 Å². The molecule has 4 heteroatoms. The number of hydrogen-bond acceptors (Lipinski definition) is 3. The third-order valence-electron chi connectivity index (χ3n) is 1.26. The quantitative estimate of drug-likeness (QED) is 0.591. The molecule has 3 nitrogen and oxygen atoms in total. The van der Waals surface area contributed by atoms with Crippen LogP contribution in [0.3, 0.4) is 0 Å². The molecule has 0 N–H and O–H groups in total. The lowest BCUT2D eigenvalue weighted by molar-refractivity contribution is -0.143. The Labute approximate surface area is 64.5 Å². The van der Waals surface area contributed by atoms with Gasteiger partial charge in [0.1, 0.15) is 23.6 Å². The predicted octanol–water partition coefficient (Wildman–Crippen LogP) is 1.30. The average Bonchev–Trinajstić information content (AvgIpc) is 1.88. The van der Waals surface area contributed by atoms with Crippen molar-refractivity contribution in [3.05, 3.63) is 0 Å². The second kappa shape index (κ2) is 4.28. The summed E-state index contributed by atoms with van der Waals surface area (Å²) in [5, 5.41) is 0. The first-order valence-corrected chi connectivity index (χ1v) is 3.27. The molecule has 0 aliphatic rings. The summed E-state index contributed by atoms with van der Waals surface area (Å²) in [6, 6.07) is 0. The van der Waals surface area contributed by atoms with E-state index in [4.69, 9.17) is 11.9 Å². The molecule has 58 valence electrons. The van der Waals surface area contributed by atoms with Crippen molar-refractivity contribution in [1.29, 1.82) is 0 Å². The lowest BCUT2D eigenvalue weighted by Crippen LogP contribution is -2.20. The zero-order valence-electron chi connectivity index (χ0n) is 5.89. The Morgan fingerprint density at radius 2 is 2.10 bits per heavy atom. The normalized spacial score (nSPS) is 12.3. The summed E-state index contributed by atoms with van der Waals surface area (Å²) in [6.07, 6.45) is 0.431. The van der Waals surface area contributed by atoms with E-state index in [1.54, 1.807) is 6.92 Å². The molecule has 0 spiro atoms. The largest absolute Gasteiger partial charge is 0.347 e. The van der Waals surface area contributed by atoms with Crippen molar-refractivity contribution in [2.24, 2.45) is 5.92 Å². The lowest BCUT2D eigenvalue weighted by Gasteiger charge is -2.04. The minimum Gasteiger partial charge on any atom is -0.347 e. The van der Waals surface area contributed by atoms with Gasteiger partial charge < -0.3 is 4.29 Å². The van der Waals surface area contributed by atoms with E-state index >= 15 is 0 Å². The van der Waals surface area contributed by atoms with Crippen LogP contribution in [-0.2, 0) is 13.9 Å². The first-order chi connectivity index (χ1) is 4.63. The summed E-state index contributed by atoms with van der Waals surface area (Å²) in [4.78, 5) is 21.2. The molecular formula is C6H9ClO3. The molecule has 0 amide bonds. The monoisotopic (exact) mass is 164 g/mol. The molecule has 0 saturated heterocycles. The number of hydrogen-bond donors (Lipinski definition) is 0. The van der Waals surface area contributed by atoms with Crippen molar-refractivity contribution >= 4 is 23.6 Å². The molecule has 10 heavy (non-hydrogen) atoms. The van der Waals surface area contributed by atoms with Crippen molar-refractivity contribution in [3.8, 4) is 0 Å². The number of carbonyl (C=O) groups is 2. The minimum atomic E-state index is -0.697. The maximum Gasteiger partial charge on any atom is 0.335 e. The highest BCUT2D eigenvalue weighted by molar-refractivity contribution is 6.15. The number of halogens is 1. The van der Waals surface area contributed by atoms with Gasteiger partial charge in [-0.1, -0.05) is 6.92 Å². The molecule has 0 aliphatic heterocycles. The molecule has 0 aromatic heterocycles. The molecule has 0 bridgehead atoms. The first kappa shape index (κ1) is 9.43. The molecular weight excluding hydrogens is 156 g/mol. The fraction of sp³-hybridized carbons (Fsp3) is 0.667. The Hall–Kier alpha value is -0.570. The standard InChI is InChI=1S/C6H9ClO3/c1-3-5(4(2)8)6(9)10-7/h5H,3H2,1-2H3. The van der Waals surface area contributed by atoms with Gasteiger partial charge in [0.25, 0.3) is 0 Å². The smallest absolute Gasteiger partial charge is 0.335 e. The van der Waals surface area contributed by atoms with Crippen molar-refractivity contribution in [1.82, 2.24) is 0 Å². The Kier molecular flexibility index (Phi) is 4.03. The van der Waals surface area contributed by atoms with E-state index in [-0.39, 0.29) is 5.78 Å².